The van der Waals surface area contributed by atoms with Gasteiger partial charge in [0.15, 0.2) is 9.84 Å². The molecule has 0 spiro atoms. The fraction of sp³-hybridized carbons (Fsp3) is 0.500. The maximum Gasteiger partial charge on any atom is 0.331 e. The molecule has 0 fully saturated rings. The number of carbonyl (C=O) groups is 2. The SMILES string of the molecule is COC(=O)/C=C/C(=O)OCCS(C)(=O)=O. The summed E-state index contributed by atoms with van der Waals surface area (Å²) in [5.74, 6) is -1.72. The molecule has 0 aromatic heterocycles. The van der Waals surface area contributed by atoms with Crippen molar-refractivity contribution >= 4 is 21.8 Å². The quantitative estimate of drug-likeness (QED) is 0.463. The highest BCUT2D eigenvalue weighted by Crippen LogP contribution is 1.87. The average Bonchev–Trinajstić information content (AvgIpc) is 2.12. The van der Waals surface area contributed by atoms with Gasteiger partial charge in [0.2, 0.25) is 0 Å². The van der Waals surface area contributed by atoms with Gasteiger partial charge < -0.3 is 9.47 Å². The van der Waals surface area contributed by atoms with Crippen LogP contribution in [0.2, 0.25) is 0 Å². The zero-order valence-electron chi connectivity index (χ0n) is 8.43. The summed E-state index contributed by atoms with van der Waals surface area (Å²) in [4.78, 5) is 21.4. The molecule has 86 valence electrons. The van der Waals surface area contributed by atoms with Crippen LogP contribution in [0.1, 0.15) is 0 Å². The van der Waals surface area contributed by atoms with Gasteiger partial charge in [-0.05, 0) is 0 Å². The molecular weight excluding hydrogens is 224 g/mol. The fourth-order valence-electron chi connectivity index (χ4n) is 0.546. The first-order valence-corrected chi connectivity index (χ1v) is 6.01. The van der Waals surface area contributed by atoms with Crippen LogP contribution in [0.15, 0.2) is 12.2 Å². The van der Waals surface area contributed by atoms with Crippen molar-refractivity contribution in [3.63, 3.8) is 0 Å². The van der Waals surface area contributed by atoms with Crippen molar-refractivity contribution in [3.8, 4) is 0 Å². The maximum absolute atomic E-state index is 10.8. The number of rotatable bonds is 5. The monoisotopic (exact) mass is 236 g/mol. The van der Waals surface area contributed by atoms with Gasteiger partial charge in [-0.3, -0.25) is 0 Å². The summed E-state index contributed by atoms with van der Waals surface area (Å²) in [7, 11) is -1.98. The van der Waals surface area contributed by atoms with Crippen LogP contribution in [-0.2, 0) is 28.9 Å². The molecule has 0 aromatic rings. The molecule has 0 aliphatic rings. The largest absolute Gasteiger partial charge is 0.466 e. The van der Waals surface area contributed by atoms with E-state index in [2.05, 4.69) is 9.47 Å². The predicted molar refractivity (Wildman–Crippen MR) is 51.8 cm³/mol. The normalized spacial score (nSPS) is 11.3. The van der Waals surface area contributed by atoms with Gasteiger partial charge in [-0.1, -0.05) is 0 Å². The molecular formula is C8H12O6S. The molecule has 15 heavy (non-hydrogen) atoms. The lowest BCUT2D eigenvalue weighted by atomic mass is 10.5. The maximum atomic E-state index is 10.8. The lowest BCUT2D eigenvalue weighted by Gasteiger charge is -1.99. The average molecular weight is 236 g/mol. The van der Waals surface area contributed by atoms with Gasteiger partial charge in [-0.25, -0.2) is 18.0 Å². The van der Waals surface area contributed by atoms with Gasteiger partial charge in [0.05, 0.1) is 12.9 Å². The molecule has 0 N–H and O–H groups in total. The molecule has 0 heterocycles. The lowest BCUT2D eigenvalue weighted by molar-refractivity contribution is -0.138. The second-order valence-corrected chi connectivity index (χ2v) is 4.91. The Morgan fingerprint density at radius 3 is 2.20 bits per heavy atom. The Kier molecular flexibility index (Phi) is 5.61. The summed E-state index contributed by atoms with van der Waals surface area (Å²) in [5.41, 5.74) is 0. The molecule has 6 nitrogen and oxygen atoms in total. The third kappa shape index (κ3) is 8.95. The summed E-state index contributed by atoms with van der Waals surface area (Å²) in [6.07, 6.45) is 2.79. The zero-order valence-corrected chi connectivity index (χ0v) is 9.24. The second kappa shape index (κ2) is 6.18. The summed E-state index contributed by atoms with van der Waals surface area (Å²) in [6, 6.07) is 0. The number of esters is 2. The van der Waals surface area contributed by atoms with Gasteiger partial charge >= 0.3 is 11.9 Å². The fourth-order valence-corrected chi connectivity index (χ4v) is 0.932. The van der Waals surface area contributed by atoms with Crippen molar-refractivity contribution in [1.29, 1.82) is 0 Å². The van der Waals surface area contributed by atoms with E-state index in [1.807, 2.05) is 0 Å². The number of carbonyl (C=O) groups excluding carboxylic acids is 2. The minimum absolute atomic E-state index is 0.233. The van der Waals surface area contributed by atoms with E-state index in [0.717, 1.165) is 18.4 Å². The van der Waals surface area contributed by atoms with E-state index in [1.54, 1.807) is 0 Å². The molecule has 0 aromatic carbocycles. The van der Waals surface area contributed by atoms with Crippen LogP contribution in [0.3, 0.4) is 0 Å². The van der Waals surface area contributed by atoms with Crippen LogP contribution < -0.4 is 0 Å². The van der Waals surface area contributed by atoms with E-state index >= 15 is 0 Å². The first-order chi connectivity index (χ1) is 6.85. The minimum Gasteiger partial charge on any atom is -0.466 e. The first kappa shape index (κ1) is 13.6. The second-order valence-electron chi connectivity index (χ2n) is 2.65. The molecule has 0 rings (SSSR count). The standard InChI is InChI=1S/C8H12O6S/c1-13-7(9)3-4-8(10)14-5-6-15(2,11)12/h3-4H,5-6H2,1-2H3/b4-3+. The van der Waals surface area contributed by atoms with Gasteiger partial charge in [0, 0.05) is 18.4 Å². The van der Waals surface area contributed by atoms with Crippen molar-refractivity contribution in [2.45, 2.75) is 0 Å². The number of methoxy groups -OCH3 is 1. The topological polar surface area (TPSA) is 86.7 Å². The number of hydrogen-bond acceptors (Lipinski definition) is 6. The lowest BCUT2D eigenvalue weighted by Crippen LogP contribution is -2.13. The van der Waals surface area contributed by atoms with Gasteiger partial charge in [-0.2, -0.15) is 0 Å². The van der Waals surface area contributed by atoms with Crippen LogP contribution in [0, 0.1) is 0 Å². The number of hydrogen-bond donors (Lipinski definition) is 0. The summed E-state index contributed by atoms with van der Waals surface area (Å²) >= 11 is 0. The molecule has 0 atom stereocenters. The molecule has 0 amide bonds. The molecule has 0 saturated heterocycles. The highest BCUT2D eigenvalue weighted by Gasteiger charge is 2.04. The summed E-state index contributed by atoms with van der Waals surface area (Å²) in [6.45, 7) is -0.233. The number of sulfone groups is 1. The summed E-state index contributed by atoms with van der Waals surface area (Å²) in [5, 5.41) is 0. The van der Waals surface area contributed by atoms with E-state index in [4.69, 9.17) is 0 Å². The highest BCUT2D eigenvalue weighted by molar-refractivity contribution is 7.90. The number of ether oxygens (including phenoxy) is 2. The molecule has 0 aliphatic carbocycles. The van der Waals surface area contributed by atoms with Crippen molar-refractivity contribution < 1.29 is 27.5 Å². The predicted octanol–water partition coefficient (Wildman–Crippen LogP) is -0.697. The van der Waals surface area contributed by atoms with Crippen molar-refractivity contribution in [2.24, 2.45) is 0 Å². The first-order valence-electron chi connectivity index (χ1n) is 3.95. The Balaban J connectivity index is 3.86. The molecule has 0 aliphatic heterocycles. The van der Waals surface area contributed by atoms with Crippen LogP contribution in [0.25, 0.3) is 0 Å². The third-order valence-electron chi connectivity index (χ3n) is 1.26. The molecule has 0 unspecified atom stereocenters. The Bertz CT molecular complexity index is 353. The highest BCUT2D eigenvalue weighted by atomic mass is 32.2. The zero-order chi connectivity index (χ0) is 11.9. The molecule has 0 saturated carbocycles. The van der Waals surface area contributed by atoms with Gasteiger partial charge in [0.25, 0.3) is 0 Å². The van der Waals surface area contributed by atoms with Crippen LogP contribution >= 0.6 is 0 Å². The smallest absolute Gasteiger partial charge is 0.331 e. The van der Waals surface area contributed by atoms with E-state index in [9.17, 15) is 18.0 Å². The van der Waals surface area contributed by atoms with Crippen molar-refractivity contribution in [1.82, 2.24) is 0 Å². The Labute approximate surface area is 87.8 Å². The Morgan fingerprint density at radius 2 is 1.73 bits per heavy atom. The van der Waals surface area contributed by atoms with E-state index < -0.39 is 21.8 Å². The Morgan fingerprint density at radius 1 is 1.20 bits per heavy atom. The Hall–Kier alpha value is -1.37. The molecule has 0 bridgehead atoms. The van der Waals surface area contributed by atoms with Gasteiger partial charge in [0.1, 0.15) is 6.61 Å². The third-order valence-corrected chi connectivity index (χ3v) is 2.16. The van der Waals surface area contributed by atoms with E-state index in [-0.39, 0.29) is 12.4 Å². The van der Waals surface area contributed by atoms with Crippen LogP contribution in [0.4, 0.5) is 0 Å². The van der Waals surface area contributed by atoms with Crippen molar-refractivity contribution in [3.05, 3.63) is 12.2 Å². The van der Waals surface area contributed by atoms with E-state index in [0.29, 0.717) is 0 Å². The van der Waals surface area contributed by atoms with Crippen LogP contribution in [0.5, 0.6) is 0 Å². The minimum atomic E-state index is -3.15. The van der Waals surface area contributed by atoms with E-state index in [1.165, 1.54) is 7.11 Å². The molecule has 0 radical (unpaired) electrons. The van der Waals surface area contributed by atoms with Crippen LogP contribution in [-0.4, -0.2) is 46.1 Å². The van der Waals surface area contributed by atoms with Crippen molar-refractivity contribution in [2.75, 3.05) is 25.7 Å². The van der Waals surface area contributed by atoms with Gasteiger partial charge in [-0.15, -0.1) is 0 Å². The summed E-state index contributed by atoms with van der Waals surface area (Å²) < 4.78 is 30.0. The molecule has 7 heteroatoms.